The lowest BCUT2D eigenvalue weighted by Crippen LogP contribution is -2.35. The molecule has 8 heteroatoms. The van der Waals surface area contributed by atoms with E-state index in [4.69, 9.17) is 5.73 Å². The first-order valence-corrected chi connectivity index (χ1v) is 8.07. The smallest absolute Gasteiger partial charge is 0.278 e. The number of hydrogen-bond acceptors (Lipinski definition) is 5. The number of carbonyl (C=O) groups is 2. The topological polar surface area (TPSA) is 120 Å². The van der Waals surface area contributed by atoms with Gasteiger partial charge in [-0.15, -0.1) is 5.10 Å². The maximum atomic E-state index is 12.7. The molecule has 0 bridgehead atoms. The third-order valence-electron chi connectivity index (χ3n) is 4.03. The van der Waals surface area contributed by atoms with Crippen molar-refractivity contribution < 1.29 is 9.59 Å². The van der Waals surface area contributed by atoms with Crippen LogP contribution in [0.2, 0.25) is 0 Å². The Balaban J connectivity index is 1.97. The number of benzene rings is 2. The zero-order valence-corrected chi connectivity index (χ0v) is 14.0. The lowest BCUT2D eigenvalue weighted by atomic mass is 10.1. The summed E-state index contributed by atoms with van der Waals surface area (Å²) in [7, 11) is 0. The molecule has 132 valence electrons. The Labute approximate surface area is 148 Å². The molecule has 1 aromatic heterocycles. The average molecular weight is 351 g/mol. The summed E-state index contributed by atoms with van der Waals surface area (Å²) in [5, 5.41) is 10.9. The van der Waals surface area contributed by atoms with Crippen molar-refractivity contribution in [2.24, 2.45) is 5.73 Å². The lowest BCUT2D eigenvalue weighted by molar-refractivity contribution is -0.119. The van der Waals surface area contributed by atoms with Gasteiger partial charge in [0.1, 0.15) is 11.6 Å². The largest absolute Gasteiger partial charge is 0.366 e. The number of para-hydroxylation sites is 1. The maximum absolute atomic E-state index is 12.7. The third kappa shape index (κ3) is 3.16. The Morgan fingerprint density at radius 1 is 1.15 bits per heavy atom. The quantitative estimate of drug-likeness (QED) is 0.721. The first-order chi connectivity index (χ1) is 12.5. The molecule has 3 rings (SSSR count). The molecular weight excluding hydrogens is 334 g/mol. The number of rotatable bonds is 5. The van der Waals surface area contributed by atoms with Crippen molar-refractivity contribution in [2.45, 2.75) is 19.4 Å². The van der Waals surface area contributed by atoms with E-state index >= 15 is 0 Å². The van der Waals surface area contributed by atoms with Crippen molar-refractivity contribution in [1.29, 1.82) is 0 Å². The molecule has 1 unspecified atom stereocenters. The van der Waals surface area contributed by atoms with Gasteiger partial charge in [-0.3, -0.25) is 14.4 Å². The minimum Gasteiger partial charge on any atom is -0.366 e. The molecule has 3 aromatic rings. The summed E-state index contributed by atoms with van der Waals surface area (Å²) in [4.78, 5) is 36.9. The molecule has 2 amide bonds. The summed E-state index contributed by atoms with van der Waals surface area (Å²) in [6, 6.07) is 12.3. The van der Waals surface area contributed by atoms with Crippen LogP contribution in [0.3, 0.4) is 0 Å². The molecule has 0 spiro atoms. The fraction of sp³-hybridized carbons (Fsp3) is 0.167. The van der Waals surface area contributed by atoms with Crippen LogP contribution < -0.4 is 16.6 Å². The first kappa shape index (κ1) is 17.3. The van der Waals surface area contributed by atoms with Gasteiger partial charge in [-0.05, 0) is 30.7 Å². The predicted molar refractivity (Wildman–Crippen MR) is 96.7 cm³/mol. The highest BCUT2D eigenvalue weighted by Gasteiger charge is 2.23. The number of nitrogens with one attached hydrogen (secondary N) is 1. The molecule has 3 N–H and O–H groups in total. The SMILES string of the molecule is CCC(C(=O)Nc1ccccc1C(N)=O)n1nnc2ccccc2c1=O. The average Bonchev–Trinajstić information content (AvgIpc) is 2.64. The number of amides is 2. The summed E-state index contributed by atoms with van der Waals surface area (Å²) >= 11 is 0. The fourth-order valence-corrected chi connectivity index (χ4v) is 2.70. The second-order valence-electron chi connectivity index (χ2n) is 5.68. The molecule has 0 saturated heterocycles. The van der Waals surface area contributed by atoms with Crippen molar-refractivity contribution in [2.75, 3.05) is 5.32 Å². The summed E-state index contributed by atoms with van der Waals surface area (Å²) in [6.07, 6.45) is 0.317. The molecule has 0 radical (unpaired) electrons. The fourth-order valence-electron chi connectivity index (χ4n) is 2.70. The van der Waals surface area contributed by atoms with Crippen molar-refractivity contribution in [3.63, 3.8) is 0 Å². The van der Waals surface area contributed by atoms with E-state index in [9.17, 15) is 14.4 Å². The van der Waals surface area contributed by atoms with E-state index in [1.807, 2.05) is 0 Å². The van der Waals surface area contributed by atoms with Gasteiger partial charge in [0.2, 0.25) is 5.91 Å². The van der Waals surface area contributed by atoms with Crippen LogP contribution in [0, 0.1) is 0 Å². The van der Waals surface area contributed by atoms with E-state index < -0.39 is 23.4 Å². The minimum absolute atomic E-state index is 0.188. The minimum atomic E-state index is -0.875. The van der Waals surface area contributed by atoms with Crippen LogP contribution in [-0.2, 0) is 4.79 Å². The van der Waals surface area contributed by atoms with Gasteiger partial charge in [-0.2, -0.15) is 4.68 Å². The highest BCUT2D eigenvalue weighted by Crippen LogP contribution is 2.18. The highest BCUT2D eigenvalue weighted by atomic mass is 16.2. The first-order valence-electron chi connectivity index (χ1n) is 8.07. The molecule has 0 fully saturated rings. The standard InChI is InChI=1S/C18H17N5O3/c1-2-15(17(25)20-13-9-5-3-7-11(13)16(19)24)23-18(26)12-8-4-6-10-14(12)21-22-23/h3-10,15H,2H2,1H3,(H2,19,24)(H,20,25). The molecule has 2 aromatic carbocycles. The van der Waals surface area contributed by atoms with Gasteiger partial charge in [0, 0.05) is 0 Å². The number of nitrogens with two attached hydrogens (primary N) is 1. The van der Waals surface area contributed by atoms with Gasteiger partial charge in [-0.25, -0.2) is 0 Å². The number of primary amides is 1. The number of carbonyl (C=O) groups excluding carboxylic acids is 2. The van der Waals surface area contributed by atoms with Gasteiger partial charge in [0.15, 0.2) is 0 Å². The van der Waals surface area contributed by atoms with E-state index in [1.165, 1.54) is 6.07 Å². The number of nitrogens with zero attached hydrogens (tertiary/aromatic N) is 3. The molecule has 0 aliphatic heterocycles. The lowest BCUT2D eigenvalue weighted by Gasteiger charge is -2.17. The zero-order valence-electron chi connectivity index (χ0n) is 14.0. The van der Waals surface area contributed by atoms with Crippen molar-refractivity contribution in [1.82, 2.24) is 15.0 Å². The molecule has 0 aliphatic carbocycles. The van der Waals surface area contributed by atoms with Gasteiger partial charge >= 0.3 is 0 Å². The second-order valence-corrected chi connectivity index (χ2v) is 5.68. The number of aromatic nitrogens is 3. The molecule has 0 saturated carbocycles. The number of anilines is 1. The van der Waals surface area contributed by atoms with Crippen LogP contribution >= 0.6 is 0 Å². The molecule has 26 heavy (non-hydrogen) atoms. The Hall–Kier alpha value is -3.55. The van der Waals surface area contributed by atoms with Crippen LogP contribution in [0.25, 0.3) is 10.9 Å². The van der Waals surface area contributed by atoms with E-state index in [0.29, 0.717) is 17.3 Å². The molecule has 0 aliphatic rings. The van der Waals surface area contributed by atoms with E-state index in [-0.39, 0.29) is 11.3 Å². The van der Waals surface area contributed by atoms with Crippen LogP contribution in [-0.4, -0.2) is 26.8 Å². The van der Waals surface area contributed by atoms with Gasteiger partial charge in [0.25, 0.3) is 11.5 Å². The molecular formula is C18H17N5O3. The normalized spacial score (nSPS) is 11.9. The summed E-state index contributed by atoms with van der Waals surface area (Å²) in [5.41, 5.74) is 5.86. The third-order valence-corrected chi connectivity index (χ3v) is 4.03. The predicted octanol–water partition coefficient (Wildman–Crippen LogP) is 1.48. The van der Waals surface area contributed by atoms with E-state index in [2.05, 4.69) is 15.6 Å². The Morgan fingerprint density at radius 3 is 2.58 bits per heavy atom. The molecule has 1 heterocycles. The Kier molecular flexibility index (Phi) is 4.74. The Bertz CT molecular complexity index is 1040. The monoisotopic (exact) mass is 351 g/mol. The van der Waals surface area contributed by atoms with Crippen molar-refractivity contribution in [3.8, 4) is 0 Å². The van der Waals surface area contributed by atoms with E-state index in [1.54, 1.807) is 49.4 Å². The van der Waals surface area contributed by atoms with Crippen LogP contribution in [0.1, 0.15) is 29.7 Å². The molecule has 8 nitrogen and oxygen atoms in total. The summed E-state index contributed by atoms with van der Waals surface area (Å²) in [6.45, 7) is 1.76. The Morgan fingerprint density at radius 2 is 1.85 bits per heavy atom. The number of fused-ring (bicyclic) bond motifs is 1. The zero-order chi connectivity index (χ0) is 18.7. The van der Waals surface area contributed by atoms with E-state index in [0.717, 1.165) is 4.68 Å². The van der Waals surface area contributed by atoms with Crippen LogP contribution in [0.5, 0.6) is 0 Å². The van der Waals surface area contributed by atoms with Gasteiger partial charge < -0.3 is 11.1 Å². The summed E-state index contributed by atoms with van der Waals surface area (Å²) in [5.74, 6) is -1.13. The summed E-state index contributed by atoms with van der Waals surface area (Å²) < 4.78 is 1.06. The van der Waals surface area contributed by atoms with Crippen LogP contribution in [0.15, 0.2) is 53.3 Å². The van der Waals surface area contributed by atoms with Gasteiger partial charge in [-0.1, -0.05) is 36.4 Å². The molecule has 1 atom stereocenters. The van der Waals surface area contributed by atoms with Crippen molar-refractivity contribution >= 4 is 28.4 Å². The second kappa shape index (κ2) is 7.14. The van der Waals surface area contributed by atoms with Crippen LogP contribution in [0.4, 0.5) is 5.69 Å². The van der Waals surface area contributed by atoms with Gasteiger partial charge in [0.05, 0.1) is 16.6 Å². The highest BCUT2D eigenvalue weighted by molar-refractivity contribution is 6.03. The number of hydrogen-bond donors (Lipinski definition) is 2. The van der Waals surface area contributed by atoms with Crippen molar-refractivity contribution in [3.05, 3.63) is 64.4 Å². The maximum Gasteiger partial charge on any atom is 0.278 e.